The molecule has 0 atom stereocenters. The van der Waals surface area contributed by atoms with E-state index in [1.807, 2.05) is 19.0 Å². The summed E-state index contributed by atoms with van der Waals surface area (Å²) in [6.07, 6.45) is 1.54. The lowest BCUT2D eigenvalue weighted by atomic mass is 10.2. The lowest BCUT2D eigenvalue weighted by Crippen LogP contribution is -2.31. The molecule has 0 aromatic heterocycles. The monoisotopic (exact) mass is 382 g/mol. The number of ether oxygens (including phenoxy) is 1. The van der Waals surface area contributed by atoms with E-state index in [1.54, 1.807) is 18.2 Å². The van der Waals surface area contributed by atoms with Gasteiger partial charge in [0.15, 0.2) is 0 Å². The number of nitrogens with zero attached hydrogens (tertiary/aromatic N) is 2. The molecule has 0 saturated carbocycles. The van der Waals surface area contributed by atoms with Crippen LogP contribution in [0.15, 0.2) is 29.2 Å². The van der Waals surface area contributed by atoms with Crippen molar-refractivity contribution in [2.75, 3.05) is 33.8 Å². The molecule has 2 rings (SSSR count). The normalized spacial score (nSPS) is 16.2. The minimum Gasteiger partial charge on any atom is -0.464 e. The molecule has 1 saturated heterocycles. The molecular weight excluding hydrogens is 363 g/mol. The fraction of sp³-hybridized carbons (Fsp3) is 0.353. The van der Waals surface area contributed by atoms with Crippen molar-refractivity contribution in [1.82, 2.24) is 9.80 Å². The van der Waals surface area contributed by atoms with Gasteiger partial charge in [-0.1, -0.05) is 42.2 Å². The Morgan fingerprint density at radius 3 is 2.80 bits per heavy atom. The Kier molecular flexibility index (Phi) is 7.10. The fourth-order valence-electron chi connectivity index (χ4n) is 2.04. The summed E-state index contributed by atoms with van der Waals surface area (Å²) in [7, 11) is 3.77. The molecule has 0 aliphatic carbocycles. The predicted molar refractivity (Wildman–Crippen MR) is 100 cm³/mol. The Morgan fingerprint density at radius 2 is 2.12 bits per heavy atom. The van der Waals surface area contributed by atoms with Crippen molar-refractivity contribution in [2.45, 2.75) is 6.42 Å². The van der Waals surface area contributed by atoms with Gasteiger partial charge >= 0.3 is 5.97 Å². The van der Waals surface area contributed by atoms with Crippen LogP contribution in [0, 0.1) is 5.82 Å². The first-order valence-corrected chi connectivity index (χ1v) is 8.91. The summed E-state index contributed by atoms with van der Waals surface area (Å²) in [5, 5.41) is 0. The van der Waals surface area contributed by atoms with E-state index in [1.165, 1.54) is 17.0 Å². The van der Waals surface area contributed by atoms with Gasteiger partial charge in [0.1, 0.15) is 16.7 Å². The zero-order chi connectivity index (χ0) is 18.4. The number of halogens is 1. The van der Waals surface area contributed by atoms with Gasteiger partial charge in [-0.15, -0.1) is 0 Å². The third-order valence-corrected chi connectivity index (χ3v) is 4.78. The van der Waals surface area contributed by atoms with Crippen molar-refractivity contribution in [3.05, 3.63) is 40.6 Å². The van der Waals surface area contributed by atoms with Crippen molar-refractivity contribution in [3.63, 3.8) is 0 Å². The average molecular weight is 382 g/mol. The highest BCUT2D eigenvalue weighted by Gasteiger charge is 2.32. The van der Waals surface area contributed by atoms with E-state index in [-0.39, 0.29) is 24.8 Å². The van der Waals surface area contributed by atoms with Crippen LogP contribution in [0.5, 0.6) is 0 Å². The third kappa shape index (κ3) is 5.62. The molecule has 0 radical (unpaired) electrons. The molecule has 1 aliphatic rings. The molecule has 5 nitrogen and oxygen atoms in total. The average Bonchev–Trinajstić information content (AvgIpc) is 2.81. The zero-order valence-corrected chi connectivity index (χ0v) is 15.7. The maximum atomic E-state index is 13.7. The van der Waals surface area contributed by atoms with Crippen LogP contribution in [0.25, 0.3) is 6.08 Å². The first kappa shape index (κ1) is 19.6. The summed E-state index contributed by atoms with van der Waals surface area (Å²) >= 11 is 6.29. The van der Waals surface area contributed by atoms with Crippen molar-refractivity contribution < 1.29 is 18.7 Å². The van der Waals surface area contributed by atoms with Crippen molar-refractivity contribution in [2.24, 2.45) is 0 Å². The second-order valence-corrected chi connectivity index (χ2v) is 7.30. The number of rotatable bonds is 7. The highest BCUT2D eigenvalue weighted by Crippen LogP contribution is 2.32. The van der Waals surface area contributed by atoms with Gasteiger partial charge in [0.25, 0.3) is 5.91 Å². The minimum atomic E-state index is -0.405. The van der Waals surface area contributed by atoms with Gasteiger partial charge in [-0.05, 0) is 26.2 Å². The molecule has 1 aliphatic heterocycles. The van der Waals surface area contributed by atoms with Gasteiger partial charge in [0.2, 0.25) is 0 Å². The molecule has 1 aromatic carbocycles. The molecule has 1 fully saturated rings. The number of thioether (sulfide) groups is 1. The van der Waals surface area contributed by atoms with Crippen LogP contribution in [0.4, 0.5) is 4.39 Å². The first-order valence-electron chi connectivity index (χ1n) is 7.68. The van der Waals surface area contributed by atoms with Crippen LogP contribution >= 0.6 is 24.0 Å². The van der Waals surface area contributed by atoms with Crippen LogP contribution in [-0.4, -0.2) is 59.8 Å². The number of esters is 1. The van der Waals surface area contributed by atoms with E-state index < -0.39 is 5.82 Å². The molecule has 1 aromatic rings. The number of carbonyl (C=O) groups excluding carboxylic acids is 2. The van der Waals surface area contributed by atoms with Crippen LogP contribution in [0.2, 0.25) is 0 Å². The summed E-state index contributed by atoms with van der Waals surface area (Å²) < 4.78 is 19.2. The largest absolute Gasteiger partial charge is 0.464 e. The molecule has 1 amide bonds. The second-order valence-electron chi connectivity index (χ2n) is 5.63. The van der Waals surface area contributed by atoms with Gasteiger partial charge in [-0.2, -0.15) is 0 Å². The molecule has 134 valence electrons. The lowest BCUT2D eigenvalue weighted by molar-refractivity contribution is -0.144. The van der Waals surface area contributed by atoms with Gasteiger partial charge in [0, 0.05) is 18.7 Å². The summed E-state index contributed by atoms with van der Waals surface area (Å²) in [5.74, 6) is -1.11. The molecular formula is C17H19FN2O3S2. The van der Waals surface area contributed by atoms with Crippen molar-refractivity contribution in [3.8, 4) is 0 Å². The molecule has 0 unspecified atom stereocenters. The number of likely N-dealkylation sites (N-methyl/N-ethyl adjacent to an activating group) is 1. The second kappa shape index (κ2) is 9.07. The minimum absolute atomic E-state index is 0.0623. The maximum absolute atomic E-state index is 13.7. The Hall–Kier alpha value is -1.77. The van der Waals surface area contributed by atoms with Crippen LogP contribution in [-0.2, 0) is 14.3 Å². The summed E-state index contributed by atoms with van der Waals surface area (Å²) in [6.45, 7) is 1.09. The smallest absolute Gasteiger partial charge is 0.307 e. The first-order chi connectivity index (χ1) is 11.9. The van der Waals surface area contributed by atoms with Gasteiger partial charge < -0.3 is 9.64 Å². The van der Waals surface area contributed by atoms with E-state index in [0.717, 1.165) is 11.8 Å². The highest BCUT2D eigenvalue weighted by atomic mass is 32.2. The quantitative estimate of drug-likeness (QED) is 0.410. The lowest BCUT2D eigenvalue weighted by Gasteiger charge is -2.14. The number of amides is 1. The predicted octanol–water partition coefficient (Wildman–Crippen LogP) is 2.52. The van der Waals surface area contributed by atoms with E-state index >= 15 is 0 Å². The SMILES string of the molecule is CN(C)CCOC(=O)CCN1C(=O)C(=Cc2ccccc2F)SC1=S. The summed E-state index contributed by atoms with van der Waals surface area (Å²) in [4.78, 5) is 27.7. The fourth-order valence-corrected chi connectivity index (χ4v) is 3.34. The number of carbonyl (C=O) groups is 2. The molecule has 1 heterocycles. The zero-order valence-electron chi connectivity index (χ0n) is 14.0. The molecule has 0 spiro atoms. The maximum Gasteiger partial charge on any atom is 0.307 e. The van der Waals surface area contributed by atoms with Crippen LogP contribution in [0.1, 0.15) is 12.0 Å². The Bertz CT molecular complexity index is 707. The molecule has 25 heavy (non-hydrogen) atoms. The van der Waals surface area contributed by atoms with Gasteiger partial charge in [-0.3, -0.25) is 14.5 Å². The Balaban J connectivity index is 1.93. The molecule has 0 N–H and O–H groups in total. The molecule has 8 heteroatoms. The van der Waals surface area contributed by atoms with E-state index in [9.17, 15) is 14.0 Å². The third-order valence-electron chi connectivity index (χ3n) is 3.41. The van der Waals surface area contributed by atoms with E-state index in [0.29, 0.717) is 27.9 Å². The number of hydrogen-bond acceptors (Lipinski definition) is 6. The Labute approximate surface area is 155 Å². The number of benzene rings is 1. The molecule has 0 bridgehead atoms. The van der Waals surface area contributed by atoms with Gasteiger partial charge in [-0.25, -0.2) is 4.39 Å². The Morgan fingerprint density at radius 1 is 1.40 bits per heavy atom. The van der Waals surface area contributed by atoms with E-state index in [2.05, 4.69) is 0 Å². The van der Waals surface area contributed by atoms with Crippen molar-refractivity contribution in [1.29, 1.82) is 0 Å². The van der Waals surface area contributed by atoms with Crippen LogP contribution in [0.3, 0.4) is 0 Å². The number of hydrogen-bond donors (Lipinski definition) is 0. The van der Waals surface area contributed by atoms with E-state index in [4.69, 9.17) is 17.0 Å². The van der Waals surface area contributed by atoms with Crippen molar-refractivity contribution >= 4 is 46.3 Å². The summed E-state index contributed by atoms with van der Waals surface area (Å²) in [5.41, 5.74) is 0.325. The number of thiocarbonyl (C=S) groups is 1. The van der Waals surface area contributed by atoms with Gasteiger partial charge in [0.05, 0.1) is 11.3 Å². The standard InChI is InChI=1S/C17H19FN2O3S2/c1-19(2)9-10-23-15(21)7-8-20-16(22)14(25-17(20)24)11-12-5-3-4-6-13(12)18/h3-6,11H,7-10H2,1-2H3. The topological polar surface area (TPSA) is 49.9 Å². The highest BCUT2D eigenvalue weighted by molar-refractivity contribution is 8.26. The van der Waals surface area contributed by atoms with Crippen LogP contribution < -0.4 is 0 Å². The summed E-state index contributed by atoms with van der Waals surface area (Å²) in [6, 6.07) is 6.19.